The molecule has 5 aromatic rings. The van der Waals surface area contributed by atoms with E-state index in [1.165, 1.54) is 9.80 Å². The van der Waals surface area contributed by atoms with Gasteiger partial charge in [-0.05, 0) is 60.7 Å². The number of amides is 4. The van der Waals surface area contributed by atoms with Crippen LogP contribution < -0.4 is 0 Å². The topological polar surface area (TPSA) is 74.8 Å². The van der Waals surface area contributed by atoms with Crippen LogP contribution in [0.25, 0.3) is 43.1 Å². The summed E-state index contributed by atoms with van der Waals surface area (Å²) >= 11 is 7.61. The summed E-state index contributed by atoms with van der Waals surface area (Å²) in [5.74, 6) is -1.05. The third-order valence-electron chi connectivity index (χ3n) is 9.72. The van der Waals surface area contributed by atoms with E-state index in [0.717, 1.165) is 66.9 Å². The summed E-state index contributed by atoms with van der Waals surface area (Å²) < 4.78 is 1.47. The van der Waals surface area contributed by atoms with Gasteiger partial charge in [0, 0.05) is 75.6 Å². The molecule has 2 unspecified atom stereocenters. The fraction of sp³-hybridized carbons (Fsp3) is 0.333. The monoisotopic (exact) mass is 714 g/mol. The van der Waals surface area contributed by atoms with Crippen LogP contribution in [0.1, 0.15) is 108 Å². The van der Waals surface area contributed by atoms with E-state index in [1.54, 1.807) is 0 Å². The highest BCUT2D eigenvalue weighted by Crippen LogP contribution is 2.50. The predicted octanol–water partition coefficient (Wildman–Crippen LogP) is 9.61. The van der Waals surface area contributed by atoms with E-state index in [1.807, 2.05) is 50.2 Å². The standard InChI is InChI=1S/C36H32Br2N2O4/c1-5-9-17(7-3)39-33(41)21-13-11-19-30-26(38)16-24-28-22(34(42)40(36(24)44)18(8-4)10-6-2)14-12-20(32(28)30)29-25(37)15-23(35(39)43)27(21)31(19)29/h11-18H,5-10H2,1-4H3. The van der Waals surface area contributed by atoms with E-state index < -0.39 is 0 Å². The molecule has 44 heavy (non-hydrogen) atoms. The zero-order valence-electron chi connectivity index (χ0n) is 25.1. The summed E-state index contributed by atoms with van der Waals surface area (Å²) in [5, 5.41) is 6.42. The largest absolute Gasteiger partial charge is 0.271 e. The lowest BCUT2D eigenvalue weighted by atomic mass is 9.81. The molecule has 0 saturated carbocycles. The Morgan fingerprint density at radius 3 is 1.23 bits per heavy atom. The molecule has 0 aliphatic carbocycles. The van der Waals surface area contributed by atoms with Crippen molar-refractivity contribution in [3.05, 3.63) is 67.6 Å². The molecule has 0 bridgehead atoms. The van der Waals surface area contributed by atoms with Gasteiger partial charge in [-0.15, -0.1) is 0 Å². The van der Waals surface area contributed by atoms with Crippen LogP contribution in [-0.2, 0) is 0 Å². The Labute approximate surface area is 272 Å². The van der Waals surface area contributed by atoms with Crippen molar-refractivity contribution in [2.24, 2.45) is 0 Å². The van der Waals surface area contributed by atoms with Crippen LogP contribution in [-0.4, -0.2) is 45.5 Å². The summed E-state index contributed by atoms with van der Waals surface area (Å²) in [6, 6.07) is 10.9. The molecule has 4 amide bonds. The SMILES string of the molecule is CCCC(CC)N1C(=O)c2ccc3c4c(Br)cc5c6c(ccc(c7c(Br)cc(c2c37)C1=O)c64)C(=O)N(C(CC)CCC)C5=O. The second-order valence-corrected chi connectivity index (χ2v) is 13.8. The van der Waals surface area contributed by atoms with Gasteiger partial charge in [-0.2, -0.15) is 0 Å². The zero-order valence-corrected chi connectivity index (χ0v) is 28.3. The molecule has 0 spiro atoms. The van der Waals surface area contributed by atoms with Crippen LogP contribution in [0.4, 0.5) is 0 Å². The number of halogens is 2. The summed E-state index contributed by atoms with van der Waals surface area (Å²) in [6.45, 7) is 8.16. The molecule has 0 saturated heterocycles. The number of hydrogen-bond acceptors (Lipinski definition) is 4. The highest BCUT2D eigenvalue weighted by atomic mass is 79.9. The number of nitrogens with zero attached hydrogens (tertiary/aromatic N) is 2. The number of imide groups is 2. The molecule has 0 radical (unpaired) electrons. The molecule has 2 atom stereocenters. The molecule has 5 aromatic carbocycles. The lowest BCUT2D eigenvalue weighted by Gasteiger charge is -2.35. The normalized spacial score (nSPS) is 16.4. The fourth-order valence-corrected chi connectivity index (χ4v) is 9.05. The van der Waals surface area contributed by atoms with Crippen molar-refractivity contribution in [1.82, 2.24) is 9.80 Å². The van der Waals surface area contributed by atoms with Crippen LogP contribution in [0.5, 0.6) is 0 Å². The second-order valence-electron chi connectivity index (χ2n) is 12.0. The maximum Gasteiger partial charge on any atom is 0.261 e. The predicted molar refractivity (Wildman–Crippen MR) is 182 cm³/mol. The lowest BCUT2D eigenvalue weighted by Crippen LogP contribution is -2.47. The second kappa shape index (κ2) is 10.6. The first-order valence-electron chi connectivity index (χ1n) is 15.5. The van der Waals surface area contributed by atoms with E-state index in [9.17, 15) is 19.2 Å². The Balaban J connectivity index is 1.58. The Morgan fingerprint density at radius 2 is 0.886 bits per heavy atom. The average Bonchev–Trinajstić information content (AvgIpc) is 3.01. The number of carbonyl (C=O) groups excluding carboxylic acids is 4. The van der Waals surface area contributed by atoms with E-state index in [4.69, 9.17) is 0 Å². The quantitative estimate of drug-likeness (QED) is 0.0911. The van der Waals surface area contributed by atoms with E-state index >= 15 is 0 Å². The highest BCUT2D eigenvalue weighted by Gasteiger charge is 2.40. The van der Waals surface area contributed by atoms with Crippen molar-refractivity contribution >= 4 is 98.6 Å². The maximum absolute atomic E-state index is 14.0. The van der Waals surface area contributed by atoms with Gasteiger partial charge in [-0.1, -0.05) is 84.5 Å². The molecule has 0 N–H and O–H groups in total. The molecular formula is C36H32Br2N2O4. The Hall–Kier alpha value is -3.36. The minimum atomic E-state index is -0.267. The minimum Gasteiger partial charge on any atom is -0.271 e. The molecular weight excluding hydrogens is 684 g/mol. The summed E-state index contributed by atoms with van der Waals surface area (Å²) in [5.41, 5.74) is 2.06. The zero-order chi connectivity index (χ0) is 31.2. The van der Waals surface area contributed by atoms with E-state index in [-0.39, 0.29) is 35.7 Å². The van der Waals surface area contributed by atoms with Gasteiger partial charge in [0.1, 0.15) is 0 Å². The molecule has 0 aromatic heterocycles. The smallest absolute Gasteiger partial charge is 0.261 e. The van der Waals surface area contributed by atoms with Gasteiger partial charge in [0.15, 0.2) is 0 Å². The molecule has 6 nitrogen and oxygen atoms in total. The first-order valence-corrected chi connectivity index (χ1v) is 17.1. The molecule has 2 heterocycles. The van der Waals surface area contributed by atoms with Gasteiger partial charge >= 0.3 is 0 Å². The third kappa shape index (κ3) is 3.76. The van der Waals surface area contributed by atoms with Gasteiger partial charge in [-0.25, -0.2) is 0 Å². The Morgan fingerprint density at radius 1 is 0.523 bits per heavy atom. The van der Waals surface area contributed by atoms with Gasteiger partial charge in [0.25, 0.3) is 23.6 Å². The molecule has 2 aliphatic rings. The van der Waals surface area contributed by atoms with Gasteiger partial charge < -0.3 is 0 Å². The molecule has 7 rings (SSSR count). The van der Waals surface area contributed by atoms with Crippen molar-refractivity contribution in [2.75, 3.05) is 0 Å². The number of carbonyl (C=O) groups is 4. The first-order chi connectivity index (χ1) is 21.2. The highest BCUT2D eigenvalue weighted by molar-refractivity contribution is 9.11. The third-order valence-corrected chi connectivity index (χ3v) is 11.0. The van der Waals surface area contributed by atoms with Crippen LogP contribution >= 0.6 is 31.9 Å². The number of benzene rings is 5. The van der Waals surface area contributed by atoms with Crippen molar-refractivity contribution in [2.45, 2.75) is 78.3 Å². The van der Waals surface area contributed by atoms with Crippen LogP contribution in [0.2, 0.25) is 0 Å². The van der Waals surface area contributed by atoms with Crippen molar-refractivity contribution < 1.29 is 19.2 Å². The maximum atomic E-state index is 14.0. The number of fused-ring (bicyclic) bond motifs is 2. The molecule has 0 fully saturated rings. The average molecular weight is 716 g/mol. The van der Waals surface area contributed by atoms with Gasteiger partial charge in [0.2, 0.25) is 0 Å². The lowest BCUT2D eigenvalue weighted by molar-refractivity contribution is 0.0510. The summed E-state index contributed by atoms with van der Waals surface area (Å²) in [6.07, 6.45) is 4.64. The van der Waals surface area contributed by atoms with Crippen LogP contribution in [0.3, 0.4) is 0 Å². The van der Waals surface area contributed by atoms with Gasteiger partial charge in [-0.3, -0.25) is 29.0 Å². The molecule has 224 valence electrons. The van der Waals surface area contributed by atoms with E-state index in [2.05, 4.69) is 45.7 Å². The van der Waals surface area contributed by atoms with Gasteiger partial charge in [0.05, 0.1) is 0 Å². The first kappa shape index (κ1) is 29.4. The van der Waals surface area contributed by atoms with Crippen LogP contribution in [0, 0.1) is 0 Å². The van der Waals surface area contributed by atoms with Crippen molar-refractivity contribution in [3.63, 3.8) is 0 Å². The summed E-state index contributed by atoms with van der Waals surface area (Å²) in [4.78, 5) is 58.9. The Bertz CT molecular complexity index is 1950. The van der Waals surface area contributed by atoms with Crippen LogP contribution in [0.15, 0.2) is 45.3 Å². The van der Waals surface area contributed by atoms with Crippen molar-refractivity contribution in [1.29, 1.82) is 0 Å². The number of rotatable bonds is 8. The number of hydrogen-bond donors (Lipinski definition) is 0. The van der Waals surface area contributed by atoms with E-state index in [0.29, 0.717) is 45.9 Å². The van der Waals surface area contributed by atoms with Crippen molar-refractivity contribution in [3.8, 4) is 0 Å². The fourth-order valence-electron chi connectivity index (χ4n) is 7.77. The Kier molecular flexibility index (Phi) is 7.09. The molecule has 8 heteroatoms. The molecule has 2 aliphatic heterocycles. The summed E-state index contributed by atoms with van der Waals surface area (Å²) in [7, 11) is 0. The minimum absolute atomic E-state index is 0.167.